The van der Waals surface area contributed by atoms with Gasteiger partial charge in [-0.05, 0) is 88.4 Å². The van der Waals surface area contributed by atoms with Gasteiger partial charge in [-0.1, -0.05) is 47.1 Å². The van der Waals surface area contributed by atoms with Crippen LogP contribution in [0.4, 0.5) is 11.4 Å². The Bertz CT molecular complexity index is 1760. The van der Waals surface area contributed by atoms with E-state index in [2.05, 4.69) is 10.1 Å². The van der Waals surface area contributed by atoms with Gasteiger partial charge in [-0.25, -0.2) is 4.79 Å². The largest absolute Gasteiger partial charge is 0.453 e. The molecule has 4 aromatic rings. The molecule has 4 aromatic carbocycles. The van der Waals surface area contributed by atoms with Crippen LogP contribution in [0.5, 0.6) is 11.5 Å². The number of halogens is 1. The molecule has 0 amide bonds. The van der Waals surface area contributed by atoms with Crippen molar-refractivity contribution in [2.45, 2.75) is 39.0 Å². The van der Waals surface area contributed by atoms with Crippen molar-refractivity contribution >= 4 is 58.0 Å². The molecule has 45 heavy (non-hydrogen) atoms. The number of carbonyl (C=O) groups is 3. The third-order valence-electron chi connectivity index (χ3n) is 7.13. The van der Waals surface area contributed by atoms with E-state index in [4.69, 9.17) is 21.2 Å². The monoisotopic (exact) mass is 640 g/mol. The minimum Gasteiger partial charge on any atom is -0.453 e. The van der Waals surface area contributed by atoms with E-state index in [1.807, 2.05) is 49.4 Å². The molecule has 0 fully saturated rings. The summed E-state index contributed by atoms with van der Waals surface area (Å²) in [6, 6.07) is 27.1. The minimum atomic E-state index is -0.785. The van der Waals surface area contributed by atoms with Gasteiger partial charge in [0.1, 0.15) is 5.71 Å². The van der Waals surface area contributed by atoms with Crippen molar-refractivity contribution in [2.75, 3.05) is 17.2 Å². The van der Waals surface area contributed by atoms with Crippen molar-refractivity contribution in [1.29, 1.82) is 0 Å². The molecule has 1 aliphatic heterocycles. The number of Topliss-reactive ketones (excluding diaryl/α,β-unsaturated/α-hetero) is 1. The first kappa shape index (κ1) is 32.0. The second-order valence-corrected chi connectivity index (χ2v) is 13.1. The quantitative estimate of drug-likeness (QED) is 0.0562. The number of anilines is 2. The number of nitrogens with zero attached hydrogens (tertiary/aromatic N) is 2. The summed E-state index contributed by atoms with van der Waals surface area (Å²) in [5.74, 6) is 0.492. The average Bonchev–Trinajstić information content (AvgIpc) is 3.04. The molecule has 0 bridgehead atoms. The van der Waals surface area contributed by atoms with Crippen LogP contribution in [-0.2, 0) is 9.63 Å². The van der Waals surface area contributed by atoms with Gasteiger partial charge in [0, 0.05) is 45.3 Å². The van der Waals surface area contributed by atoms with Crippen molar-refractivity contribution in [3.63, 3.8) is 0 Å². The maximum absolute atomic E-state index is 13.8. The van der Waals surface area contributed by atoms with E-state index in [1.165, 1.54) is 11.8 Å². The molecule has 0 aliphatic carbocycles. The van der Waals surface area contributed by atoms with Crippen LogP contribution in [0.15, 0.2) is 101 Å². The number of thioether (sulfide) groups is 1. The number of ether oxygens (including phenoxy) is 1. The molecule has 0 spiro atoms. The SMILES string of the molecule is CCN1c2ccc(C(=O)/C(CCSc3ccc(Cl)cc3)=N/OC(=O)C(C)(C)C)cc2Oc2cc(C(=O)c3ccccc3)ccc21. The standard InChI is InChI=1S/C36H33ClN2O5S/c1-5-39-29-17-11-24(33(40)23-9-7-6-8-10-23)21-31(29)43-32-22-25(12-18-30(32)39)34(41)28(38-44-35(42)36(2,3)4)19-20-45-27-15-13-26(37)14-16-27/h6-18,21-22H,5,19-20H2,1-4H3/b38-28+. The van der Waals surface area contributed by atoms with Gasteiger partial charge in [-0.15, -0.1) is 11.8 Å². The molecule has 1 aliphatic rings. The highest BCUT2D eigenvalue weighted by atomic mass is 35.5. The fraction of sp³-hybridized carbons (Fsp3) is 0.222. The number of carbonyl (C=O) groups excluding carboxylic acids is 3. The summed E-state index contributed by atoms with van der Waals surface area (Å²) < 4.78 is 6.31. The van der Waals surface area contributed by atoms with E-state index in [-0.39, 0.29) is 23.7 Å². The Kier molecular flexibility index (Phi) is 9.75. The van der Waals surface area contributed by atoms with Crippen LogP contribution in [0.25, 0.3) is 0 Å². The summed E-state index contributed by atoms with van der Waals surface area (Å²) in [7, 11) is 0. The number of fused-ring (bicyclic) bond motifs is 2. The maximum atomic E-state index is 13.8. The Morgan fingerprint density at radius 1 is 0.844 bits per heavy atom. The lowest BCUT2D eigenvalue weighted by molar-refractivity contribution is -0.152. The minimum absolute atomic E-state index is 0.109. The van der Waals surface area contributed by atoms with Gasteiger partial charge in [0.05, 0.1) is 16.8 Å². The Morgan fingerprint density at radius 3 is 2.09 bits per heavy atom. The smallest absolute Gasteiger partial charge is 0.340 e. The molecule has 7 nitrogen and oxygen atoms in total. The number of ketones is 2. The van der Waals surface area contributed by atoms with E-state index < -0.39 is 11.4 Å². The van der Waals surface area contributed by atoms with Gasteiger partial charge < -0.3 is 14.5 Å². The predicted octanol–water partition coefficient (Wildman–Crippen LogP) is 9.15. The molecular weight excluding hydrogens is 608 g/mol. The lowest BCUT2D eigenvalue weighted by atomic mass is 9.98. The topological polar surface area (TPSA) is 85.3 Å². The lowest BCUT2D eigenvalue weighted by Gasteiger charge is -2.32. The zero-order valence-corrected chi connectivity index (χ0v) is 27.1. The molecule has 0 unspecified atom stereocenters. The van der Waals surface area contributed by atoms with E-state index in [0.717, 1.165) is 16.3 Å². The normalized spacial score (nSPS) is 12.6. The van der Waals surface area contributed by atoms with E-state index in [1.54, 1.807) is 69.3 Å². The third kappa shape index (κ3) is 7.47. The van der Waals surface area contributed by atoms with Crippen LogP contribution < -0.4 is 9.64 Å². The fourth-order valence-corrected chi connectivity index (χ4v) is 5.65. The number of oxime groups is 1. The average molecular weight is 641 g/mol. The highest BCUT2D eigenvalue weighted by Crippen LogP contribution is 2.47. The highest BCUT2D eigenvalue weighted by Gasteiger charge is 2.28. The number of rotatable bonds is 10. The van der Waals surface area contributed by atoms with E-state index in [0.29, 0.717) is 45.5 Å². The van der Waals surface area contributed by atoms with Crippen LogP contribution in [-0.4, -0.2) is 35.5 Å². The van der Waals surface area contributed by atoms with Gasteiger partial charge in [0.15, 0.2) is 17.3 Å². The summed E-state index contributed by atoms with van der Waals surface area (Å²) in [4.78, 5) is 47.7. The lowest BCUT2D eigenvalue weighted by Crippen LogP contribution is -2.24. The Morgan fingerprint density at radius 2 is 1.47 bits per heavy atom. The molecule has 5 rings (SSSR count). The molecule has 230 valence electrons. The molecule has 0 saturated carbocycles. The number of hydrogen-bond acceptors (Lipinski definition) is 8. The molecule has 9 heteroatoms. The Hall–Kier alpha value is -4.40. The number of benzene rings is 4. The first-order chi connectivity index (χ1) is 21.5. The van der Waals surface area contributed by atoms with Gasteiger partial charge in [-0.3, -0.25) is 9.59 Å². The van der Waals surface area contributed by atoms with Crippen LogP contribution in [0.2, 0.25) is 5.02 Å². The molecule has 0 atom stereocenters. The molecule has 1 heterocycles. The summed E-state index contributed by atoms with van der Waals surface area (Å²) >= 11 is 7.55. The van der Waals surface area contributed by atoms with Crippen LogP contribution in [0.1, 0.15) is 60.4 Å². The fourth-order valence-electron chi connectivity index (χ4n) is 4.66. The van der Waals surface area contributed by atoms with Crippen molar-refractivity contribution in [3.05, 3.63) is 113 Å². The van der Waals surface area contributed by atoms with Crippen LogP contribution >= 0.6 is 23.4 Å². The van der Waals surface area contributed by atoms with Gasteiger partial charge in [0.25, 0.3) is 0 Å². The summed E-state index contributed by atoms with van der Waals surface area (Å²) in [6.45, 7) is 7.83. The molecule has 0 saturated heterocycles. The Balaban J connectivity index is 1.41. The van der Waals surface area contributed by atoms with E-state index in [9.17, 15) is 14.4 Å². The summed E-state index contributed by atoms with van der Waals surface area (Å²) in [6.07, 6.45) is 0.260. The zero-order valence-electron chi connectivity index (χ0n) is 25.5. The molecule has 0 aromatic heterocycles. The van der Waals surface area contributed by atoms with Gasteiger partial charge >= 0.3 is 5.97 Å². The maximum Gasteiger partial charge on any atom is 0.340 e. The zero-order chi connectivity index (χ0) is 32.1. The molecular formula is C36H33ClN2O5S. The predicted molar refractivity (Wildman–Crippen MR) is 180 cm³/mol. The molecule has 0 N–H and O–H groups in total. The first-order valence-electron chi connectivity index (χ1n) is 14.6. The number of hydrogen-bond donors (Lipinski definition) is 0. The second kappa shape index (κ2) is 13.7. The summed E-state index contributed by atoms with van der Waals surface area (Å²) in [5.41, 5.74) is 2.37. The first-order valence-corrected chi connectivity index (χ1v) is 16.0. The van der Waals surface area contributed by atoms with Crippen LogP contribution in [0.3, 0.4) is 0 Å². The van der Waals surface area contributed by atoms with Crippen molar-refractivity contribution in [1.82, 2.24) is 0 Å². The van der Waals surface area contributed by atoms with Gasteiger partial charge in [0.2, 0.25) is 5.78 Å². The van der Waals surface area contributed by atoms with E-state index >= 15 is 0 Å². The van der Waals surface area contributed by atoms with Crippen molar-refractivity contribution < 1.29 is 24.0 Å². The van der Waals surface area contributed by atoms with Crippen molar-refractivity contribution in [3.8, 4) is 11.5 Å². The molecule has 0 radical (unpaired) electrons. The third-order valence-corrected chi connectivity index (χ3v) is 8.40. The Labute approximate surface area is 272 Å². The van der Waals surface area contributed by atoms with Crippen molar-refractivity contribution in [2.24, 2.45) is 10.6 Å². The summed E-state index contributed by atoms with van der Waals surface area (Å²) in [5, 5.41) is 4.69. The van der Waals surface area contributed by atoms with Crippen LogP contribution in [0, 0.1) is 5.41 Å². The van der Waals surface area contributed by atoms with Gasteiger partial charge in [-0.2, -0.15) is 0 Å². The highest BCUT2D eigenvalue weighted by molar-refractivity contribution is 7.99. The second-order valence-electron chi connectivity index (χ2n) is 11.5.